The molecule has 1 heterocycles. The van der Waals surface area contributed by atoms with Gasteiger partial charge in [0.15, 0.2) is 0 Å². The maximum atomic E-state index is 12.3. The fourth-order valence-corrected chi connectivity index (χ4v) is 2.64. The number of hydrogen-bond acceptors (Lipinski definition) is 3. The summed E-state index contributed by atoms with van der Waals surface area (Å²) in [5.74, 6) is 0.0966. The van der Waals surface area contributed by atoms with Gasteiger partial charge in [0.25, 0.3) is 0 Å². The van der Waals surface area contributed by atoms with E-state index in [-0.39, 0.29) is 11.8 Å². The predicted molar refractivity (Wildman–Crippen MR) is 75.4 cm³/mol. The van der Waals surface area contributed by atoms with Gasteiger partial charge in [0, 0.05) is 12.6 Å². The van der Waals surface area contributed by atoms with Crippen LogP contribution in [0.15, 0.2) is 24.3 Å². The minimum atomic E-state index is -4.16. The SMILES string of the molecule is FC(F)Oc1cccc(CNC2CCN(CC(F)(F)F)CC2)c1. The molecule has 0 atom stereocenters. The summed E-state index contributed by atoms with van der Waals surface area (Å²) < 4.78 is 65.6. The molecule has 1 fully saturated rings. The zero-order chi connectivity index (χ0) is 16.9. The van der Waals surface area contributed by atoms with E-state index < -0.39 is 19.3 Å². The first-order valence-electron chi connectivity index (χ1n) is 7.38. The van der Waals surface area contributed by atoms with E-state index in [0.29, 0.717) is 32.5 Å². The molecular weight excluding hydrogens is 319 g/mol. The van der Waals surface area contributed by atoms with Crippen molar-refractivity contribution < 1.29 is 26.7 Å². The third kappa shape index (κ3) is 6.70. The number of likely N-dealkylation sites (tertiary alicyclic amines) is 1. The Morgan fingerprint density at radius 2 is 1.91 bits per heavy atom. The van der Waals surface area contributed by atoms with Crippen LogP contribution in [-0.4, -0.2) is 43.4 Å². The van der Waals surface area contributed by atoms with Gasteiger partial charge in [-0.1, -0.05) is 12.1 Å². The van der Waals surface area contributed by atoms with E-state index in [2.05, 4.69) is 10.1 Å². The van der Waals surface area contributed by atoms with Crippen LogP contribution in [0.2, 0.25) is 0 Å². The van der Waals surface area contributed by atoms with Crippen molar-refractivity contribution in [2.24, 2.45) is 0 Å². The van der Waals surface area contributed by atoms with Gasteiger partial charge in [-0.2, -0.15) is 22.0 Å². The van der Waals surface area contributed by atoms with Gasteiger partial charge < -0.3 is 10.1 Å². The molecule has 0 saturated carbocycles. The van der Waals surface area contributed by atoms with Crippen molar-refractivity contribution >= 4 is 0 Å². The van der Waals surface area contributed by atoms with E-state index in [1.54, 1.807) is 12.1 Å². The van der Waals surface area contributed by atoms with Crippen molar-refractivity contribution in [3.63, 3.8) is 0 Å². The summed E-state index contributed by atoms with van der Waals surface area (Å²) in [6.07, 6.45) is -2.90. The summed E-state index contributed by atoms with van der Waals surface area (Å²) in [5.41, 5.74) is 0.792. The molecule has 0 aliphatic carbocycles. The number of rotatable bonds is 6. The molecule has 1 N–H and O–H groups in total. The first kappa shape index (κ1) is 17.9. The average Bonchev–Trinajstić information content (AvgIpc) is 2.45. The average molecular weight is 338 g/mol. The lowest BCUT2D eigenvalue weighted by Gasteiger charge is -2.32. The second-order valence-corrected chi connectivity index (χ2v) is 5.57. The number of nitrogens with one attached hydrogen (secondary N) is 1. The van der Waals surface area contributed by atoms with E-state index in [1.165, 1.54) is 17.0 Å². The summed E-state index contributed by atoms with van der Waals surface area (Å²) in [5, 5.41) is 3.25. The van der Waals surface area contributed by atoms with Gasteiger partial charge in [0.1, 0.15) is 5.75 Å². The highest BCUT2D eigenvalue weighted by Crippen LogP contribution is 2.20. The van der Waals surface area contributed by atoms with Crippen molar-refractivity contribution in [2.45, 2.75) is 38.2 Å². The Labute approximate surface area is 131 Å². The maximum absolute atomic E-state index is 12.3. The Balaban J connectivity index is 1.75. The number of alkyl halides is 5. The molecular formula is C15H19F5N2O. The number of benzene rings is 1. The normalized spacial score (nSPS) is 17.7. The first-order chi connectivity index (χ1) is 10.8. The van der Waals surface area contributed by atoms with E-state index in [0.717, 1.165) is 5.56 Å². The minimum Gasteiger partial charge on any atom is -0.435 e. The monoisotopic (exact) mass is 338 g/mol. The van der Waals surface area contributed by atoms with E-state index >= 15 is 0 Å². The minimum absolute atomic E-state index is 0.0966. The number of piperidine rings is 1. The van der Waals surface area contributed by atoms with Crippen molar-refractivity contribution in [2.75, 3.05) is 19.6 Å². The Morgan fingerprint density at radius 1 is 1.22 bits per heavy atom. The molecule has 2 rings (SSSR count). The van der Waals surface area contributed by atoms with E-state index in [1.807, 2.05) is 0 Å². The number of ether oxygens (including phenoxy) is 1. The van der Waals surface area contributed by atoms with Gasteiger partial charge in [0.2, 0.25) is 0 Å². The zero-order valence-corrected chi connectivity index (χ0v) is 12.5. The highest BCUT2D eigenvalue weighted by atomic mass is 19.4. The molecule has 0 radical (unpaired) electrons. The van der Waals surface area contributed by atoms with Gasteiger partial charge in [0.05, 0.1) is 6.54 Å². The molecule has 0 bridgehead atoms. The molecule has 0 amide bonds. The largest absolute Gasteiger partial charge is 0.435 e. The number of nitrogens with zero attached hydrogens (tertiary/aromatic N) is 1. The summed E-state index contributed by atoms with van der Waals surface area (Å²) in [7, 11) is 0. The summed E-state index contributed by atoms with van der Waals surface area (Å²) in [6, 6.07) is 6.51. The third-order valence-electron chi connectivity index (χ3n) is 3.71. The molecule has 1 aromatic rings. The van der Waals surface area contributed by atoms with Crippen LogP contribution in [0.1, 0.15) is 18.4 Å². The van der Waals surface area contributed by atoms with Crippen molar-refractivity contribution in [1.82, 2.24) is 10.2 Å². The standard InChI is InChI=1S/C15H19F5N2O/c16-14(17)23-13-3-1-2-11(8-13)9-21-12-4-6-22(7-5-12)10-15(18,19)20/h1-3,8,12,14,21H,4-7,9-10H2. The lowest BCUT2D eigenvalue weighted by Crippen LogP contribution is -2.45. The molecule has 0 spiro atoms. The van der Waals surface area contributed by atoms with Crippen LogP contribution >= 0.6 is 0 Å². The topological polar surface area (TPSA) is 24.5 Å². The second-order valence-electron chi connectivity index (χ2n) is 5.57. The van der Waals surface area contributed by atoms with Crippen LogP contribution in [0.25, 0.3) is 0 Å². The summed E-state index contributed by atoms with van der Waals surface area (Å²) in [4.78, 5) is 1.40. The van der Waals surface area contributed by atoms with Crippen LogP contribution in [0.3, 0.4) is 0 Å². The Hall–Kier alpha value is -1.41. The smallest absolute Gasteiger partial charge is 0.401 e. The van der Waals surface area contributed by atoms with Crippen molar-refractivity contribution in [3.05, 3.63) is 29.8 Å². The molecule has 1 saturated heterocycles. The van der Waals surface area contributed by atoms with E-state index in [4.69, 9.17) is 0 Å². The molecule has 1 aliphatic rings. The fourth-order valence-electron chi connectivity index (χ4n) is 2.64. The Bertz CT molecular complexity index is 487. The number of halogens is 5. The van der Waals surface area contributed by atoms with Crippen LogP contribution < -0.4 is 10.1 Å². The molecule has 130 valence electrons. The Morgan fingerprint density at radius 3 is 2.52 bits per heavy atom. The van der Waals surface area contributed by atoms with Crippen LogP contribution in [0.4, 0.5) is 22.0 Å². The van der Waals surface area contributed by atoms with E-state index in [9.17, 15) is 22.0 Å². The second kappa shape index (κ2) is 7.92. The molecule has 3 nitrogen and oxygen atoms in total. The molecule has 0 aromatic heterocycles. The quantitative estimate of drug-likeness (QED) is 0.805. The molecule has 0 unspecified atom stereocenters. The van der Waals surface area contributed by atoms with Gasteiger partial charge in [-0.05, 0) is 43.6 Å². The zero-order valence-electron chi connectivity index (χ0n) is 12.5. The van der Waals surface area contributed by atoms with Gasteiger partial charge in [-0.3, -0.25) is 4.90 Å². The number of hydrogen-bond donors (Lipinski definition) is 1. The van der Waals surface area contributed by atoms with Crippen molar-refractivity contribution in [3.8, 4) is 5.75 Å². The summed E-state index contributed by atoms with van der Waals surface area (Å²) >= 11 is 0. The van der Waals surface area contributed by atoms with Gasteiger partial charge in [-0.25, -0.2) is 0 Å². The maximum Gasteiger partial charge on any atom is 0.401 e. The molecule has 1 aliphatic heterocycles. The lowest BCUT2D eigenvalue weighted by atomic mass is 10.0. The molecule has 1 aromatic carbocycles. The van der Waals surface area contributed by atoms with Gasteiger partial charge in [-0.15, -0.1) is 0 Å². The highest BCUT2D eigenvalue weighted by Gasteiger charge is 2.32. The van der Waals surface area contributed by atoms with Crippen LogP contribution in [0, 0.1) is 0 Å². The van der Waals surface area contributed by atoms with Crippen molar-refractivity contribution in [1.29, 1.82) is 0 Å². The summed E-state index contributed by atoms with van der Waals surface area (Å²) in [6.45, 7) is -2.48. The van der Waals surface area contributed by atoms with Gasteiger partial charge >= 0.3 is 12.8 Å². The lowest BCUT2D eigenvalue weighted by molar-refractivity contribution is -0.148. The predicted octanol–water partition coefficient (Wildman–Crippen LogP) is 3.40. The Kier molecular flexibility index (Phi) is 6.17. The van der Waals surface area contributed by atoms with Crippen LogP contribution in [-0.2, 0) is 6.54 Å². The van der Waals surface area contributed by atoms with Crippen LogP contribution in [0.5, 0.6) is 5.75 Å². The fraction of sp³-hybridized carbons (Fsp3) is 0.600. The highest BCUT2D eigenvalue weighted by molar-refractivity contribution is 5.28. The molecule has 23 heavy (non-hydrogen) atoms. The first-order valence-corrected chi connectivity index (χ1v) is 7.38. The molecule has 8 heteroatoms. The third-order valence-corrected chi connectivity index (χ3v) is 3.71.